The van der Waals surface area contributed by atoms with E-state index in [0.29, 0.717) is 11.6 Å². The van der Waals surface area contributed by atoms with Crippen molar-refractivity contribution in [3.63, 3.8) is 0 Å². The summed E-state index contributed by atoms with van der Waals surface area (Å²) < 4.78 is 0.994. The predicted molar refractivity (Wildman–Crippen MR) is 138 cm³/mol. The van der Waals surface area contributed by atoms with Gasteiger partial charge in [0.15, 0.2) is 6.19 Å². The fraction of sp³-hybridized carbons (Fsp3) is 0.231. The molecule has 1 aliphatic heterocycles. The Bertz CT molecular complexity index is 1260. The molecule has 1 aliphatic carbocycles. The lowest BCUT2D eigenvalue weighted by atomic mass is 9.88. The maximum atomic E-state index is 9.28. The van der Waals surface area contributed by atoms with Gasteiger partial charge in [-0.1, -0.05) is 23.2 Å². The smallest absolute Gasteiger partial charge is 0.212 e. The highest BCUT2D eigenvalue weighted by molar-refractivity contribution is 9.10. The van der Waals surface area contributed by atoms with Crippen LogP contribution >= 0.6 is 27.5 Å². The summed E-state index contributed by atoms with van der Waals surface area (Å²) in [5, 5.41) is 12.8. The van der Waals surface area contributed by atoms with E-state index in [1.165, 1.54) is 27.8 Å². The Hall–Kier alpha value is -3.21. The van der Waals surface area contributed by atoms with Gasteiger partial charge in [-0.15, -0.1) is 0 Å². The van der Waals surface area contributed by atoms with Crippen molar-refractivity contribution in [2.75, 3.05) is 13.1 Å². The molecule has 0 atom stereocenters. The molecule has 0 radical (unpaired) electrons. The summed E-state index contributed by atoms with van der Waals surface area (Å²) in [5.41, 5.74) is 8.10. The number of nitrogens with one attached hydrogen (secondary N) is 1. The average Bonchev–Trinajstić information content (AvgIpc) is 3.01. The third-order valence-corrected chi connectivity index (χ3v) is 6.91. The molecule has 0 saturated carbocycles. The largest absolute Gasteiger partial charge is 0.341 e. The van der Waals surface area contributed by atoms with Gasteiger partial charge in [0, 0.05) is 40.6 Å². The molecule has 170 valence electrons. The van der Waals surface area contributed by atoms with E-state index in [0.717, 1.165) is 54.0 Å². The third-order valence-electron chi connectivity index (χ3n) is 6.24. The monoisotopic (exact) mass is 532 g/mol. The average molecular weight is 534 g/mol. The molecule has 6 nitrogen and oxygen atoms in total. The lowest BCUT2D eigenvalue weighted by Gasteiger charge is -2.31. The van der Waals surface area contributed by atoms with Gasteiger partial charge < -0.3 is 4.90 Å². The number of nitriles is 1. The van der Waals surface area contributed by atoms with Gasteiger partial charge in [-0.05, 0) is 88.6 Å². The lowest BCUT2D eigenvalue weighted by molar-refractivity contribution is 0.380. The maximum Gasteiger partial charge on any atom is 0.212 e. The van der Waals surface area contributed by atoms with E-state index in [4.69, 9.17) is 16.6 Å². The van der Waals surface area contributed by atoms with Crippen LogP contribution in [0.3, 0.4) is 0 Å². The van der Waals surface area contributed by atoms with Crippen LogP contribution in [0.4, 0.5) is 5.69 Å². The van der Waals surface area contributed by atoms with E-state index in [1.54, 1.807) is 12.4 Å². The molecule has 1 N–H and O–H groups in total. The topological polar surface area (TPSA) is 77.2 Å². The van der Waals surface area contributed by atoms with E-state index in [1.807, 2.05) is 30.6 Å². The molecule has 8 heteroatoms. The highest BCUT2D eigenvalue weighted by atomic mass is 79.9. The Kier molecular flexibility index (Phi) is 6.61. The van der Waals surface area contributed by atoms with Crippen LogP contribution in [0.1, 0.15) is 35.2 Å². The molecule has 0 bridgehead atoms. The molecule has 1 fully saturated rings. The zero-order valence-electron chi connectivity index (χ0n) is 18.4. The van der Waals surface area contributed by atoms with Gasteiger partial charge >= 0.3 is 0 Å². The van der Waals surface area contributed by atoms with E-state index >= 15 is 0 Å². The molecule has 0 spiro atoms. The molecule has 1 aromatic carbocycles. The SMILES string of the molecule is N#CNC(=Nc1cccnc1)N1CCC(=C2c3ccc(Cl)cc3CCc3cc(Br)cnc32)CC1. The summed E-state index contributed by atoms with van der Waals surface area (Å²) in [4.78, 5) is 15.7. The standard InChI is InChI=1S/C26H22BrClN6/c27-20-12-19-4-3-18-13-21(28)5-6-23(18)24(25(19)31-14-20)17-7-10-34(11-8-17)26(32-16-29)33-22-2-1-9-30-15-22/h1-2,5-6,9,12-15H,3-4,7-8,10-11H2,(H,32,33). The predicted octanol–water partition coefficient (Wildman–Crippen LogP) is 5.65. The van der Waals surface area contributed by atoms with E-state index in [2.05, 4.69) is 54.3 Å². The van der Waals surface area contributed by atoms with Crippen molar-refractivity contribution in [3.8, 4) is 6.19 Å². The Morgan fingerprint density at radius 1 is 1.09 bits per heavy atom. The molecule has 3 aromatic rings. The molecule has 1 saturated heterocycles. The number of pyridine rings is 2. The molecule has 34 heavy (non-hydrogen) atoms. The van der Waals surface area contributed by atoms with Crippen molar-refractivity contribution in [3.05, 3.63) is 92.4 Å². The van der Waals surface area contributed by atoms with Crippen LogP contribution in [0, 0.1) is 11.5 Å². The van der Waals surface area contributed by atoms with Gasteiger partial charge in [-0.3, -0.25) is 15.3 Å². The second-order valence-electron chi connectivity index (χ2n) is 8.31. The third kappa shape index (κ3) is 4.70. The van der Waals surface area contributed by atoms with Gasteiger partial charge in [0.1, 0.15) is 0 Å². The number of piperidine rings is 1. The lowest BCUT2D eigenvalue weighted by Crippen LogP contribution is -2.42. The number of benzene rings is 1. The van der Waals surface area contributed by atoms with Crippen molar-refractivity contribution in [2.24, 2.45) is 4.99 Å². The Labute approximate surface area is 212 Å². The second-order valence-corrected chi connectivity index (χ2v) is 9.66. The highest BCUT2D eigenvalue weighted by Gasteiger charge is 2.26. The van der Waals surface area contributed by atoms with Crippen LogP contribution in [-0.2, 0) is 12.8 Å². The number of likely N-dealkylation sites (tertiary alicyclic amines) is 1. The van der Waals surface area contributed by atoms with Crippen LogP contribution in [0.25, 0.3) is 5.57 Å². The minimum absolute atomic E-state index is 0.551. The first-order valence-electron chi connectivity index (χ1n) is 11.2. The van der Waals surface area contributed by atoms with Crippen molar-refractivity contribution in [1.29, 1.82) is 5.26 Å². The first-order chi connectivity index (χ1) is 16.6. The zero-order valence-corrected chi connectivity index (χ0v) is 20.8. The van der Waals surface area contributed by atoms with Crippen LogP contribution < -0.4 is 5.32 Å². The number of aromatic nitrogens is 2. The summed E-state index contributed by atoms with van der Waals surface area (Å²) in [6, 6.07) is 12.1. The number of halogens is 2. The first-order valence-corrected chi connectivity index (χ1v) is 12.3. The number of fused-ring (bicyclic) bond motifs is 2. The van der Waals surface area contributed by atoms with Crippen LogP contribution in [0.2, 0.25) is 5.02 Å². The Morgan fingerprint density at radius 3 is 2.68 bits per heavy atom. The molecule has 0 unspecified atom stereocenters. The van der Waals surface area contributed by atoms with Crippen molar-refractivity contribution in [2.45, 2.75) is 25.7 Å². The van der Waals surface area contributed by atoms with Gasteiger partial charge in [-0.2, -0.15) is 5.26 Å². The maximum absolute atomic E-state index is 9.28. The van der Waals surface area contributed by atoms with Crippen LogP contribution in [0.5, 0.6) is 0 Å². The number of aryl methyl sites for hydroxylation is 2. The minimum atomic E-state index is 0.551. The summed E-state index contributed by atoms with van der Waals surface area (Å²) >= 11 is 9.94. The number of guanidine groups is 1. The van der Waals surface area contributed by atoms with Gasteiger partial charge in [0.2, 0.25) is 5.96 Å². The number of rotatable bonds is 1. The van der Waals surface area contributed by atoms with E-state index < -0.39 is 0 Å². The van der Waals surface area contributed by atoms with Crippen molar-refractivity contribution < 1.29 is 0 Å². The van der Waals surface area contributed by atoms with Crippen molar-refractivity contribution >= 4 is 44.8 Å². The summed E-state index contributed by atoms with van der Waals surface area (Å²) in [7, 11) is 0. The van der Waals surface area contributed by atoms with E-state index in [9.17, 15) is 5.26 Å². The molecule has 3 heterocycles. The zero-order chi connectivity index (χ0) is 23.5. The molecular formula is C26H22BrClN6. The Morgan fingerprint density at radius 2 is 1.91 bits per heavy atom. The summed E-state index contributed by atoms with van der Waals surface area (Å²) in [6.45, 7) is 1.50. The number of aliphatic imine (C=N–C) groups is 1. The molecule has 2 aromatic heterocycles. The number of hydrogen-bond acceptors (Lipinski definition) is 4. The quantitative estimate of drug-likeness (QED) is 0.189. The number of nitrogens with zero attached hydrogens (tertiary/aromatic N) is 5. The molecule has 2 aliphatic rings. The fourth-order valence-corrected chi connectivity index (χ4v) is 5.25. The highest BCUT2D eigenvalue weighted by Crippen LogP contribution is 2.39. The minimum Gasteiger partial charge on any atom is -0.341 e. The number of hydrogen-bond donors (Lipinski definition) is 1. The van der Waals surface area contributed by atoms with Crippen LogP contribution in [-0.4, -0.2) is 33.9 Å². The molecular weight excluding hydrogens is 512 g/mol. The molecule has 5 rings (SSSR count). The second kappa shape index (κ2) is 9.96. The first kappa shape index (κ1) is 22.6. The summed E-state index contributed by atoms with van der Waals surface area (Å²) in [6.07, 6.45) is 10.9. The summed E-state index contributed by atoms with van der Waals surface area (Å²) in [5.74, 6) is 0.551. The van der Waals surface area contributed by atoms with Crippen molar-refractivity contribution in [1.82, 2.24) is 20.2 Å². The van der Waals surface area contributed by atoms with Gasteiger partial charge in [-0.25, -0.2) is 4.99 Å². The Balaban J connectivity index is 1.51. The van der Waals surface area contributed by atoms with Gasteiger partial charge in [0.05, 0.1) is 17.6 Å². The van der Waals surface area contributed by atoms with Crippen LogP contribution in [0.15, 0.2) is 70.0 Å². The van der Waals surface area contributed by atoms with Gasteiger partial charge in [0.25, 0.3) is 0 Å². The van der Waals surface area contributed by atoms with E-state index in [-0.39, 0.29) is 0 Å². The fourth-order valence-electron chi connectivity index (χ4n) is 4.67. The normalized spacial score (nSPS) is 15.8. The molecule has 0 amide bonds.